The largest absolute Gasteiger partial charge is 0.370 e. The lowest BCUT2D eigenvalue weighted by molar-refractivity contribution is 0.112. The highest BCUT2D eigenvalue weighted by atomic mass is 16.1. The van der Waals surface area contributed by atoms with Gasteiger partial charge in [0.05, 0.1) is 0 Å². The predicted molar refractivity (Wildman–Crippen MR) is 69.5 cm³/mol. The molecular formula is C15H19NO. The highest BCUT2D eigenvalue weighted by Crippen LogP contribution is 2.36. The number of hydrogen-bond donors (Lipinski definition) is 0. The first kappa shape index (κ1) is 10.8. The van der Waals surface area contributed by atoms with Crippen LogP contribution in [0.25, 0.3) is 0 Å². The van der Waals surface area contributed by atoms with Crippen LogP contribution >= 0.6 is 0 Å². The molecule has 2 fully saturated rings. The molecule has 0 aliphatic heterocycles. The van der Waals surface area contributed by atoms with Gasteiger partial charge in [0.2, 0.25) is 0 Å². The van der Waals surface area contributed by atoms with E-state index in [0.29, 0.717) is 0 Å². The van der Waals surface area contributed by atoms with Crippen molar-refractivity contribution in [2.24, 2.45) is 11.8 Å². The summed E-state index contributed by atoms with van der Waals surface area (Å²) in [5.41, 5.74) is 1.98. The fraction of sp³-hybridized carbons (Fsp3) is 0.533. The van der Waals surface area contributed by atoms with Crippen molar-refractivity contribution in [2.75, 3.05) is 18.0 Å². The monoisotopic (exact) mass is 229 g/mol. The molecule has 2 heteroatoms. The van der Waals surface area contributed by atoms with E-state index in [1.165, 1.54) is 25.7 Å². The Hall–Kier alpha value is -1.31. The molecule has 90 valence electrons. The fourth-order valence-corrected chi connectivity index (χ4v) is 2.37. The second-order valence-corrected chi connectivity index (χ2v) is 5.47. The van der Waals surface area contributed by atoms with Crippen molar-refractivity contribution >= 4 is 12.0 Å². The predicted octanol–water partition coefficient (Wildman–Crippen LogP) is 3.13. The summed E-state index contributed by atoms with van der Waals surface area (Å²) >= 11 is 0. The van der Waals surface area contributed by atoms with E-state index in [1.807, 2.05) is 18.2 Å². The molecule has 0 radical (unpaired) electrons. The van der Waals surface area contributed by atoms with Gasteiger partial charge in [-0.05, 0) is 49.7 Å². The van der Waals surface area contributed by atoms with Crippen LogP contribution in [0.2, 0.25) is 0 Å². The zero-order valence-electron chi connectivity index (χ0n) is 10.1. The van der Waals surface area contributed by atoms with Crippen LogP contribution in [0.5, 0.6) is 0 Å². The van der Waals surface area contributed by atoms with Gasteiger partial charge < -0.3 is 4.90 Å². The molecule has 0 aromatic heterocycles. The normalized spacial score (nSPS) is 19.1. The topological polar surface area (TPSA) is 20.3 Å². The van der Waals surface area contributed by atoms with Gasteiger partial charge in [-0.25, -0.2) is 0 Å². The van der Waals surface area contributed by atoms with Gasteiger partial charge in [0.15, 0.2) is 6.29 Å². The summed E-state index contributed by atoms with van der Waals surface area (Å²) in [6, 6.07) is 8.00. The van der Waals surface area contributed by atoms with Crippen molar-refractivity contribution in [3.05, 3.63) is 29.8 Å². The van der Waals surface area contributed by atoms with Crippen molar-refractivity contribution in [2.45, 2.75) is 25.7 Å². The van der Waals surface area contributed by atoms with E-state index in [9.17, 15) is 4.79 Å². The Morgan fingerprint density at radius 1 is 1.06 bits per heavy atom. The van der Waals surface area contributed by atoms with E-state index in [4.69, 9.17) is 0 Å². The maximum atomic E-state index is 11.1. The first-order valence-corrected chi connectivity index (χ1v) is 6.66. The van der Waals surface area contributed by atoms with E-state index in [2.05, 4.69) is 11.0 Å². The Morgan fingerprint density at radius 2 is 1.65 bits per heavy atom. The zero-order chi connectivity index (χ0) is 11.7. The molecule has 3 rings (SSSR count). The van der Waals surface area contributed by atoms with Crippen LogP contribution in [0.1, 0.15) is 36.0 Å². The molecule has 0 saturated heterocycles. The number of rotatable bonds is 6. The molecule has 1 aromatic carbocycles. The van der Waals surface area contributed by atoms with Gasteiger partial charge in [-0.15, -0.1) is 0 Å². The lowest BCUT2D eigenvalue weighted by atomic mass is 10.1. The molecule has 0 heterocycles. The Balaban J connectivity index is 1.80. The summed E-state index contributed by atoms with van der Waals surface area (Å²) < 4.78 is 0. The second kappa shape index (κ2) is 4.52. The van der Waals surface area contributed by atoms with Crippen LogP contribution in [0.4, 0.5) is 5.69 Å². The molecule has 2 aliphatic rings. The molecular weight excluding hydrogens is 210 g/mol. The molecule has 2 aliphatic carbocycles. The van der Waals surface area contributed by atoms with Gasteiger partial charge in [0, 0.05) is 24.3 Å². The minimum atomic E-state index is 0.841. The first-order chi connectivity index (χ1) is 8.36. The third-order valence-corrected chi connectivity index (χ3v) is 3.76. The molecule has 2 saturated carbocycles. The standard InChI is InChI=1S/C15H19NO/c17-11-14-3-1-2-4-15(14)16(9-12-5-6-12)10-13-7-8-13/h1-4,11-13H,5-10H2. The van der Waals surface area contributed by atoms with E-state index in [1.54, 1.807) is 0 Å². The Kier molecular flexibility index (Phi) is 2.87. The number of benzene rings is 1. The summed E-state index contributed by atoms with van der Waals surface area (Å²) in [4.78, 5) is 13.6. The Labute approximate surface area is 103 Å². The average molecular weight is 229 g/mol. The maximum Gasteiger partial charge on any atom is 0.152 e. The second-order valence-electron chi connectivity index (χ2n) is 5.47. The molecule has 2 nitrogen and oxygen atoms in total. The summed E-state index contributed by atoms with van der Waals surface area (Å²) in [6.07, 6.45) is 6.45. The van der Waals surface area contributed by atoms with Gasteiger partial charge in [0.1, 0.15) is 0 Å². The minimum Gasteiger partial charge on any atom is -0.370 e. The summed E-state index contributed by atoms with van der Waals surface area (Å²) in [5, 5.41) is 0. The van der Waals surface area contributed by atoms with Gasteiger partial charge in [-0.3, -0.25) is 4.79 Å². The van der Waals surface area contributed by atoms with Crippen LogP contribution in [0.3, 0.4) is 0 Å². The summed E-state index contributed by atoms with van der Waals surface area (Å²) in [7, 11) is 0. The maximum absolute atomic E-state index is 11.1. The molecule has 1 aromatic rings. The fourth-order valence-electron chi connectivity index (χ4n) is 2.37. The number of aldehydes is 1. The third kappa shape index (κ3) is 2.68. The van der Waals surface area contributed by atoms with E-state index < -0.39 is 0 Å². The first-order valence-electron chi connectivity index (χ1n) is 6.66. The van der Waals surface area contributed by atoms with Crippen molar-refractivity contribution < 1.29 is 4.79 Å². The van der Waals surface area contributed by atoms with Crippen LogP contribution in [-0.4, -0.2) is 19.4 Å². The molecule has 0 amide bonds. The quantitative estimate of drug-likeness (QED) is 0.698. The van der Waals surface area contributed by atoms with Crippen molar-refractivity contribution in [1.82, 2.24) is 0 Å². The number of carbonyl (C=O) groups is 1. The van der Waals surface area contributed by atoms with Crippen molar-refractivity contribution in [3.8, 4) is 0 Å². The Bertz CT molecular complexity index is 393. The number of carbonyl (C=O) groups excluding carboxylic acids is 1. The smallest absolute Gasteiger partial charge is 0.152 e. The van der Waals surface area contributed by atoms with E-state index in [0.717, 1.165) is 42.5 Å². The average Bonchev–Trinajstić information content (AvgIpc) is 3.23. The zero-order valence-corrected chi connectivity index (χ0v) is 10.1. The molecule has 0 atom stereocenters. The molecule has 0 unspecified atom stereocenters. The van der Waals surface area contributed by atoms with Crippen LogP contribution in [0.15, 0.2) is 24.3 Å². The minimum absolute atomic E-state index is 0.841. The molecule has 17 heavy (non-hydrogen) atoms. The number of nitrogens with zero attached hydrogens (tertiary/aromatic N) is 1. The number of anilines is 1. The summed E-state index contributed by atoms with van der Waals surface area (Å²) in [6.45, 7) is 2.28. The van der Waals surface area contributed by atoms with E-state index in [-0.39, 0.29) is 0 Å². The van der Waals surface area contributed by atoms with Crippen LogP contribution in [0, 0.1) is 11.8 Å². The number of hydrogen-bond acceptors (Lipinski definition) is 2. The lowest BCUT2D eigenvalue weighted by Gasteiger charge is -2.26. The van der Waals surface area contributed by atoms with Gasteiger partial charge in [0.25, 0.3) is 0 Å². The third-order valence-electron chi connectivity index (χ3n) is 3.76. The van der Waals surface area contributed by atoms with Crippen molar-refractivity contribution in [1.29, 1.82) is 0 Å². The summed E-state index contributed by atoms with van der Waals surface area (Å²) in [5.74, 6) is 1.74. The Morgan fingerprint density at radius 3 is 2.18 bits per heavy atom. The van der Waals surface area contributed by atoms with Gasteiger partial charge >= 0.3 is 0 Å². The van der Waals surface area contributed by atoms with Gasteiger partial charge in [-0.2, -0.15) is 0 Å². The van der Waals surface area contributed by atoms with Crippen LogP contribution < -0.4 is 4.90 Å². The van der Waals surface area contributed by atoms with E-state index >= 15 is 0 Å². The SMILES string of the molecule is O=Cc1ccccc1N(CC1CC1)CC1CC1. The number of para-hydroxylation sites is 1. The molecule has 0 bridgehead atoms. The van der Waals surface area contributed by atoms with Crippen LogP contribution in [-0.2, 0) is 0 Å². The highest BCUT2D eigenvalue weighted by Gasteiger charge is 2.29. The van der Waals surface area contributed by atoms with Gasteiger partial charge in [-0.1, -0.05) is 12.1 Å². The lowest BCUT2D eigenvalue weighted by Crippen LogP contribution is -2.28. The molecule has 0 N–H and O–H groups in total. The van der Waals surface area contributed by atoms with Crippen molar-refractivity contribution in [3.63, 3.8) is 0 Å². The molecule has 0 spiro atoms. The highest BCUT2D eigenvalue weighted by molar-refractivity contribution is 5.84.